The Hall–Kier alpha value is -0.610. The maximum atomic E-state index is 9.42. The molecule has 2 atom stereocenters. The molecule has 0 spiro atoms. The summed E-state index contributed by atoms with van der Waals surface area (Å²) < 4.78 is 0. The van der Waals surface area contributed by atoms with E-state index in [0.717, 1.165) is 24.6 Å². The van der Waals surface area contributed by atoms with Gasteiger partial charge in [0.15, 0.2) is 5.13 Å². The lowest BCUT2D eigenvalue weighted by molar-refractivity contribution is 0.136. The number of nitrogens with zero attached hydrogens (tertiary/aromatic N) is 2. The van der Waals surface area contributed by atoms with Gasteiger partial charge in [-0.25, -0.2) is 4.98 Å². The van der Waals surface area contributed by atoms with Crippen LogP contribution >= 0.6 is 11.3 Å². The van der Waals surface area contributed by atoms with Gasteiger partial charge in [-0.3, -0.25) is 0 Å². The Labute approximate surface area is 82.0 Å². The topological polar surface area (TPSA) is 36.4 Å². The number of aliphatic hydroxyl groups excluding tert-OH is 1. The Bertz CT molecular complexity index is 261. The van der Waals surface area contributed by atoms with Crippen LogP contribution in [0.15, 0.2) is 11.6 Å². The van der Waals surface area contributed by atoms with Crippen LogP contribution in [0.3, 0.4) is 0 Å². The zero-order valence-electron chi connectivity index (χ0n) is 7.68. The molecule has 3 nitrogen and oxygen atoms in total. The molecule has 72 valence electrons. The van der Waals surface area contributed by atoms with Gasteiger partial charge in [0.2, 0.25) is 0 Å². The molecule has 0 radical (unpaired) electrons. The fourth-order valence-corrected chi connectivity index (χ4v) is 2.41. The number of rotatable bonds is 2. The summed E-state index contributed by atoms with van der Waals surface area (Å²) in [4.78, 5) is 6.51. The van der Waals surface area contributed by atoms with Crippen LogP contribution in [0.4, 0.5) is 5.13 Å². The maximum Gasteiger partial charge on any atom is 0.185 e. The van der Waals surface area contributed by atoms with Gasteiger partial charge >= 0.3 is 0 Å². The smallest absolute Gasteiger partial charge is 0.185 e. The van der Waals surface area contributed by atoms with Crippen molar-refractivity contribution in [1.82, 2.24) is 4.98 Å². The van der Waals surface area contributed by atoms with Gasteiger partial charge < -0.3 is 10.0 Å². The predicted octanol–water partition coefficient (Wildman–Crippen LogP) is 1.35. The third kappa shape index (κ3) is 1.84. The van der Waals surface area contributed by atoms with Crippen molar-refractivity contribution < 1.29 is 5.11 Å². The van der Waals surface area contributed by atoms with Crippen molar-refractivity contribution in [2.75, 3.05) is 18.0 Å². The fourth-order valence-electron chi connectivity index (χ4n) is 1.73. The first kappa shape index (κ1) is 8.97. The number of hydrogen-bond acceptors (Lipinski definition) is 4. The van der Waals surface area contributed by atoms with Crippen LogP contribution in [0.5, 0.6) is 0 Å². The first-order chi connectivity index (χ1) is 6.27. The monoisotopic (exact) mass is 198 g/mol. The van der Waals surface area contributed by atoms with Gasteiger partial charge in [0.25, 0.3) is 0 Å². The van der Waals surface area contributed by atoms with Crippen molar-refractivity contribution in [2.24, 2.45) is 5.92 Å². The summed E-state index contributed by atoms with van der Waals surface area (Å²) in [5.41, 5.74) is 0. The third-order valence-corrected chi connectivity index (χ3v) is 3.43. The summed E-state index contributed by atoms with van der Waals surface area (Å²) in [5.74, 6) is 0.420. The summed E-state index contributed by atoms with van der Waals surface area (Å²) in [7, 11) is 0. The van der Waals surface area contributed by atoms with Crippen LogP contribution in [-0.4, -0.2) is 29.3 Å². The summed E-state index contributed by atoms with van der Waals surface area (Å²) in [6.45, 7) is 3.85. The van der Waals surface area contributed by atoms with Gasteiger partial charge in [-0.15, -0.1) is 11.3 Å². The highest BCUT2D eigenvalue weighted by Crippen LogP contribution is 2.26. The number of aliphatic hydroxyl groups is 1. The lowest BCUT2D eigenvalue weighted by atomic mass is 10.0. The van der Waals surface area contributed by atoms with Crippen molar-refractivity contribution in [3.8, 4) is 0 Å². The normalized spacial score (nSPS) is 25.1. The van der Waals surface area contributed by atoms with E-state index in [2.05, 4.69) is 9.88 Å². The minimum Gasteiger partial charge on any atom is -0.393 e. The molecule has 1 aliphatic rings. The molecule has 0 bridgehead atoms. The molecule has 1 aliphatic heterocycles. The van der Waals surface area contributed by atoms with E-state index in [1.165, 1.54) is 0 Å². The second-order valence-electron chi connectivity index (χ2n) is 3.55. The van der Waals surface area contributed by atoms with E-state index in [-0.39, 0.29) is 6.10 Å². The molecule has 1 N–H and O–H groups in total. The van der Waals surface area contributed by atoms with Crippen LogP contribution in [0.25, 0.3) is 0 Å². The van der Waals surface area contributed by atoms with Crippen molar-refractivity contribution >= 4 is 16.5 Å². The zero-order valence-corrected chi connectivity index (χ0v) is 8.50. The van der Waals surface area contributed by atoms with Crippen molar-refractivity contribution in [1.29, 1.82) is 0 Å². The summed E-state index contributed by atoms with van der Waals surface area (Å²) in [6, 6.07) is 0. The molecule has 0 aliphatic carbocycles. The van der Waals surface area contributed by atoms with E-state index < -0.39 is 0 Å². The van der Waals surface area contributed by atoms with E-state index in [1.54, 1.807) is 11.3 Å². The van der Waals surface area contributed by atoms with Crippen LogP contribution in [-0.2, 0) is 0 Å². The molecule has 2 unspecified atom stereocenters. The molecule has 2 heterocycles. The Morgan fingerprint density at radius 3 is 3.15 bits per heavy atom. The molecular formula is C9H14N2OS. The van der Waals surface area contributed by atoms with E-state index in [0.29, 0.717) is 5.92 Å². The molecule has 0 aromatic carbocycles. The van der Waals surface area contributed by atoms with E-state index in [9.17, 15) is 5.11 Å². The van der Waals surface area contributed by atoms with E-state index >= 15 is 0 Å². The molecule has 1 aromatic heterocycles. The van der Waals surface area contributed by atoms with Gasteiger partial charge in [0.1, 0.15) is 0 Å². The Kier molecular flexibility index (Phi) is 2.51. The van der Waals surface area contributed by atoms with Gasteiger partial charge in [-0.2, -0.15) is 0 Å². The second kappa shape index (κ2) is 3.64. The van der Waals surface area contributed by atoms with E-state index in [4.69, 9.17) is 0 Å². The fraction of sp³-hybridized carbons (Fsp3) is 0.667. The van der Waals surface area contributed by atoms with Crippen LogP contribution < -0.4 is 4.90 Å². The minimum atomic E-state index is -0.190. The number of hydrogen-bond donors (Lipinski definition) is 1. The molecule has 1 aromatic rings. The molecule has 1 saturated heterocycles. The van der Waals surface area contributed by atoms with Crippen molar-refractivity contribution in [3.05, 3.63) is 11.6 Å². The molecule has 0 amide bonds. The number of anilines is 1. The Balaban J connectivity index is 1.99. The van der Waals surface area contributed by atoms with Gasteiger partial charge in [-0.05, 0) is 13.3 Å². The maximum absolute atomic E-state index is 9.42. The summed E-state index contributed by atoms with van der Waals surface area (Å²) >= 11 is 1.67. The Morgan fingerprint density at radius 1 is 1.77 bits per heavy atom. The first-order valence-corrected chi connectivity index (χ1v) is 5.48. The molecule has 1 fully saturated rings. The van der Waals surface area contributed by atoms with Gasteiger partial charge in [0.05, 0.1) is 6.10 Å². The molecule has 4 heteroatoms. The standard InChI is InChI=1S/C9H14N2OS/c1-7(12)8-2-4-11(6-8)9-10-3-5-13-9/h3,5,7-8,12H,2,4,6H2,1H3. The summed E-state index contributed by atoms with van der Waals surface area (Å²) in [6.07, 6.45) is 2.72. The van der Waals surface area contributed by atoms with Crippen LogP contribution in [0.2, 0.25) is 0 Å². The van der Waals surface area contributed by atoms with E-state index in [1.807, 2.05) is 18.5 Å². The van der Waals surface area contributed by atoms with Gasteiger partial charge in [-0.1, -0.05) is 0 Å². The Morgan fingerprint density at radius 2 is 2.62 bits per heavy atom. The van der Waals surface area contributed by atoms with Crippen molar-refractivity contribution in [3.63, 3.8) is 0 Å². The SMILES string of the molecule is CC(O)C1CCN(c2nccs2)C1. The highest BCUT2D eigenvalue weighted by atomic mass is 32.1. The van der Waals surface area contributed by atoms with Crippen LogP contribution in [0.1, 0.15) is 13.3 Å². The molecule has 2 rings (SSSR count). The number of thiazole rings is 1. The summed E-state index contributed by atoms with van der Waals surface area (Å²) in [5, 5.41) is 12.5. The zero-order chi connectivity index (χ0) is 9.26. The average molecular weight is 198 g/mol. The molecule has 0 saturated carbocycles. The van der Waals surface area contributed by atoms with Crippen molar-refractivity contribution in [2.45, 2.75) is 19.4 Å². The highest BCUT2D eigenvalue weighted by Gasteiger charge is 2.26. The quantitative estimate of drug-likeness (QED) is 0.779. The second-order valence-corrected chi connectivity index (χ2v) is 4.42. The third-order valence-electron chi connectivity index (χ3n) is 2.60. The highest BCUT2D eigenvalue weighted by molar-refractivity contribution is 7.13. The lowest BCUT2D eigenvalue weighted by Crippen LogP contribution is -2.23. The minimum absolute atomic E-state index is 0.190. The average Bonchev–Trinajstić information content (AvgIpc) is 2.75. The number of aromatic nitrogens is 1. The lowest BCUT2D eigenvalue weighted by Gasteiger charge is -2.16. The van der Waals surface area contributed by atoms with Gasteiger partial charge in [0, 0.05) is 30.6 Å². The van der Waals surface area contributed by atoms with Crippen LogP contribution in [0, 0.1) is 5.92 Å². The predicted molar refractivity (Wildman–Crippen MR) is 54.1 cm³/mol. The largest absolute Gasteiger partial charge is 0.393 e. The molecular weight excluding hydrogens is 184 g/mol. The molecule has 13 heavy (non-hydrogen) atoms. The first-order valence-electron chi connectivity index (χ1n) is 4.60.